The average molecular weight is 295 g/mol. The third kappa shape index (κ3) is 5.19. The molecule has 1 fully saturated rings. The van der Waals surface area contributed by atoms with E-state index in [-0.39, 0.29) is 0 Å². The number of ether oxygens (including phenoxy) is 1. The quantitative estimate of drug-likeness (QED) is 0.627. The molecule has 3 heteroatoms. The lowest BCUT2D eigenvalue weighted by Gasteiger charge is -2.24. The minimum absolute atomic E-state index is 0.577. The summed E-state index contributed by atoms with van der Waals surface area (Å²) in [5, 5.41) is 5.99. The molecule has 20 heavy (non-hydrogen) atoms. The Hall–Kier alpha value is -0.380. The van der Waals surface area contributed by atoms with E-state index in [1.54, 1.807) is 0 Å². The zero-order valence-corrected chi connectivity index (χ0v) is 13.6. The van der Waals surface area contributed by atoms with Crippen LogP contribution in [0.3, 0.4) is 0 Å². The summed E-state index contributed by atoms with van der Waals surface area (Å²) in [4.78, 5) is 1.52. The van der Waals surface area contributed by atoms with Crippen LogP contribution < -0.4 is 5.32 Å². The second kappa shape index (κ2) is 9.54. The van der Waals surface area contributed by atoms with E-state index in [9.17, 15) is 0 Å². The molecule has 2 rings (SSSR count). The van der Waals surface area contributed by atoms with Gasteiger partial charge in [-0.05, 0) is 49.6 Å². The molecule has 114 valence electrons. The zero-order chi connectivity index (χ0) is 14.0. The van der Waals surface area contributed by atoms with Crippen LogP contribution in [0.1, 0.15) is 62.8 Å². The highest BCUT2D eigenvalue weighted by Crippen LogP contribution is 2.37. The van der Waals surface area contributed by atoms with Gasteiger partial charge in [0.25, 0.3) is 0 Å². The first-order valence-electron chi connectivity index (χ1n) is 8.26. The number of nitrogens with one attached hydrogen (secondary N) is 1. The minimum atomic E-state index is 0.577. The fourth-order valence-corrected chi connectivity index (χ4v) is 3.93. The molecule has 1 aliphatic rings. The Kier molecular flexibility index (Phi) is 7.63. The Morgan fingerprint density at radius 3 is 2.80 bits per heavy atom. The van der Waals surface area contributed by atoms with Gasteiger partial charge in [-0.25, -0.2) is 0 Å². The van der Waals surface area contributed by atoms with Crippen molar-refractivity contribution in [2.24, 2.45) is 5.92 Å². The van der Waals surface area contributed by atoms with Crippen LogP contribution in [0.15, 0.2) is 17.5 Å². The largest absolute Gasteiger partial charge is 0.381 e. The van der Waals surface area contributed by atoms with Crippen molar-refractivity contribution in [3.63, 3.8) is 0 Å². The number of rotatable bonds is 10. The van der Waals surface area contributed by atoms with Crippen molar-refractivity contribution in [3.8, 4) is 0 Å². The molecule has 1 aromatic rings. The third-order valence-corrected chi connectivity index (χ3v) is 5.15. The minimum Gasteiger partial charge on any atom is -0.381 e. The van der Waals surface area contributed by atoms with Crippen molar-refractivity contribution in [2.75, 3.05) is 19.8 Å². The van der Waals surface area contributed by atoms with Gasteiger partial charge in [-0.2, -0.15) is 0 Å². The van der Waals surface area contributed by atoms with Gasteiger partial charge in [0.2, 0.25) is 0 Å². The van der Waals surface area contributed by atoms with E-state index in [1.807, 2.05) is 11.3 Å². The summed E-state index contributed by atoms with van der Waals surface area (Å²) in [5.41, 5.74) is 0. The standard InChI is InChI=1S/C17H29NOS/c1-2-3-12-19-13-7-11-18-17(15-8-4-5-9-15)16-10-6-14-20-16/h6,10,14-15,17-18H,2-5,7-9,11-13H2,1H3. The lowest BCUT2D eigenvalue weighted by molar-refractivity contribution is 0.127. The Morgan fingerprint density at radius 1 is 1.30 bits per heavy atom. The maximum atomic E-state index is 5.63. The van der Waals surface area contributed by atoms with Gasteiger partial charge in [0.15, 0.2) is 0 Å². The summed E-state index contributed by atoms with van der Waals surface area (Å²) in [6.07, 6.45) is 9.14. The Balaban J connectivity index is 1.69. The molecule has 1 N–H and O–H groups in total. The summed E-state index contributed by atoms with van der Waals surface area (Å²) >= 11 is 1.90. The molecule has 0 radical (unpaired) electrons. The molecule has 0 saturated heterocycles. The highest BCUT2D eigenvalue weighted by Gasteiger charge is 2.26. The van der Waals surface area contributed by atoms with Crippen molar-refractivity contribution in [1.29, 1.82) is 0 Å². The fraction of sp³-hybridized carbons (Fsp3) is 0.765. The predicted octanol–water partition coefficient (Wildman–Crippen LogP) is 4.78. The van der Waals surface area contributed by atoms with Crippen LogP contribution in [-0.2, 0) is 4.74 Å². The van der Waals surface area contributed by atoms with E-state index in [0.29, 0.717) is 6.04 Å². The van der Waals surface area contributed by atoms with Gasteiger partial charge in [0.05, 0.1) is 0 Å². The Labute approximate surface area is 127 Å². The van der Waals surface area contributed by atoms with E-state index >= 15 is 0 Å². The second-order valence-corrected chi connectivity index (χ2v) is 6.79. The van der Waals surface area contributed by atoms with E-state index in [1.165, 1.54) is 43.4 Å². The second-order valence-electron chi connectivity index (χ2n) is 5.81. The third-order valence-electron chi connectivity index (χ3n) is 4.19. The molecule has 1 unspecified atom stereocenters. The molecule has 1 aliphatic carbocycles. The Bertz CT molecular complexity index is 333. The van der Waals surface area contributed by atoms with Crippen LogP contribution in [0.2, 0.25) is 0 Å². The molecule has 1 aromatic heterocycles. The maximum Gasteiger partial charge on any atom is 0.0478 e. The van der Waals surface area contributed by atoms with Crippen molar-refractivity contribution < 1.29 is 4.74 Å². The van der Waals surface area contributed by atoms with Gasteiger partial charge in [-0.3, -0.25) is 0 Å². The van der Waals surface area contributed by atoms with Crippen molar-refractivity contribution >= 4 is 11.3 Å². The molecule has 1 heterocycles. The predicted molar refractivity (Wildman–Crippen MR) is 87.4 cm³/mol. The molecule has 0 amide bonds. The summed E-state index contributed by atoms with van der Waals surface area (Å²) in [7, 11) is 0. The number of hydrogen-bond donors (Lipinski definition) is 1. The van der Waals surface area contributed by atoms with Crippen molar-refractivity contribution in [2.45, 2.75) is 57.9 Å². The van der Waals surface area contributed by atoms with Crippen molar-refractivity contribution in [3.05, 3.63) is 22.4 Å². The van der Waals surface area contributed by atoms with Crippen LogP contribution in [0.25, 0.3) is 0 Å². The number of unbranched alkanes of at least 4 members (excludes halogenated alkanes) is 1. The highest BCUT2D eigenvalue weighted by molar-refractivity contribution is 7.10. The van der Waals surface area contributed by atoms with Crippen LogP contribution in [0.5, 0.6) is 0 Å². The molecule has 0 spiro atoms. The zero-order valence-electron chi connectivity index (χ0n) is 12.8. The first kappa shape index (κ1) is 16.0. The van der Waals surface area contributed by atoms with E-state index < -0.39 is 0 Å². The lowest BCUT2D eigenvalue weighted by atomic mass is 9.96. The molecular weight excluding hydrogens is 266 g/mol. The average Bonchev–Trinajstić information content (AvgIpc) is 3.14. The molecule has 2 nitrogen and oxygen atoms in total. The van der Waals surface area contributed by atoms with Gasteiger partial charge < -0.3 is 10.1 Å². The molecule has 0 bridgehead atoms. The van der Waals surface area contributed by atoms with Gasteiger partial charge in [-0.1, -0.05) is 32.3 Å². The van der Waals surface area contributed by atoms with E-state index in [2.05, 4.69) is 29.8 Å². The van der Waals surface area contributed by atoms with E-state index in [4.69, 9.17) is 4.74 Å². The first-order chi connectivity index (χ1) is 9.92. The molecular formula is C17H29NOS. The summed E-state index contributed by atoms with van der Waals surface area (Å²) in [6.45, 7) is 5.10. The van der Waals surface area contributed by atoms with Gasteiger partial charge in [0.1, 0.15) is 0 Å². The van der Waals surface area contributed by atoms with Crippen molar-refractivity contribution in [1.82, 2.24) is 5.32 Å². The van der Waals surface area contributed by atoms with Gasteiger partial charge in [0, 0.05) is 24.1 Å². The molecule has 0 aliphatic heterocycles. The topological polar surface area (TPSA) is 21.3 Å². The number of thiophene rings is 1. The van der Waals surface area contributed by atoms with Gasteiger partial charge in [-0.15, -0.1) is 11.3 Å². The lowest BCUT2D eigenvalue weighted by Crippen LogP contribution is -2.28. The van der Waals surface area contributed by atoms with Crippen LogP contribution >= 0.6 is 11.3 Å². The monoisotopic (exact) mass is 295 g/mol. The normalized spacial score (nSPS) is 17.6. The smallest absolute Gasteiger partial charge is 0.0478 e. The SMILES string of the molecule is CCCCOCCCNC(c1cccs1)C1CCCC1. The first-order valence-corrected chi connectivity index (χ1v) is 9.14. The fourth-order valence-electron chi connectivity index (χ4n) is 3.04. The van der Waals surface area contributed by atoms with Crippen LogP contribution in [0.4, 0.5) is 0 Å². The molecule has 1 atom stereocenters. The summed E-state index contributed by atoms with van der Waals surface area (Å²) in [5.74, 6) is 0.842. The summed E-state index contributed by atoms with van der Waals surface area (Å²) in [6, 6.07) is 5.05. The van der Waals surface area contributed by atoms with Gasteiger partial charge >= 0.3 is 0 Å². The van der Waals surface area contributed by atoms with E-state index in [0.717, 1.165) is 32.1 Å². The molecule has 1 saturated carbocycles. The molecule has 0 aromatic carbocycles. The van der Waals surface area contributed by atoms with Crippen LogP contribution in [-0.4, -0.2) is 19.8 Å². The highest BCUT2D eigenvalue weighted by atomic mass is 32.1. The van der Waals surface area contributed by atoms with Crippen LogP contribution in [0, 0.1) is 5.92 Å². The Morgan fingerprint density at radius 2 is 2.10 bits per heavy atom. The summed E-state index contributed by atoms with van der Waals surface area (Å²) < 4.78 is 5.63. The maximum absolute atomic E-state index is 5.63. The number of hydrogen-bond acceptors (Lipinski definition) is 3.